The van der Waals surface area contributed by atoms with Crippen molar-refractivity contribution in [3.05, 3.63) is 47.4 Å². The van der Waals surface area contributed by atoms with Crippen LogP contribution in [0.2, 0.25) is 0 Å². The third-order valence-electron chi connectivity index (χ3n) is 5.48. The number of imidazole rings is 1. The largest absolute Gasteiger partial charge is 0.461 e. The summed E-state index contributed by atoms with van der Waals surface area (Å²) in [4.78, 5) is 34.3. The first-order valence-electron chi connectivity index (χ1n) is 11.2. The molecule has 0 saturated heterocycles. The Morgan fingerprint density at radius 2 is 1.78 bits per heavy atom. The van der Waals surface area contributed by atoms with E-state index in [0.29, 0.717) is 6.07 Å². The second-order valence-corrected chi connectivity index (χ2v) is 9.36. The number of nitrogens with zero attached hydrogens (tertiary/aromatic N) is 4. The number of esters is 1. The Morgan fingerprint density at radius 3 is 2.41 bits per heavy atom. The fourth-order valence-corrected chi connectivity index (χ4v) is 3.82. The molecule has 0 spiro atoms. The summed E-state index contributed by atoms with van der Waals surface area (Å²) in [6.07, 6.45) is -3.88. The molecule has 0 unspecified atom stereocenters. The van der Waals surface area contributed by atoms with Gasteiger partial charge in [0.2, 0.25) is 0 Å². The number of amides is 1. The van der Waals surface area contributed by atoms with Crippen molar-refractivity contribution in [3.63, 3.8) is 0 Å². The average Bonchev–Trinajstić information content (AvgIpc) is 3.44. The highest BCUT2D eigenvalue weighted by Gasteiger charge is 2.59. The Labute approximate surface area is 207 Å². The van der Waals surface area contributed by atoms with E-state index in [2.05, 4.69) is 9.97 Å². The van der Waals surface area contributed by atoms with Crippen molar-refractivity contribution in [2.75, 3.05) is 19.7 Å². The lowest BCUT2D eigenvalue weighted by Crippen LogP contribution is -2.35. The topological polar surface area (TPSA) is 86.0 Å². The lowest BCUT2D eigenvalue weighted by atomic mass is 10.0. The first-order valence-corrected chi connectivity index (χ1v) is 11.2. The van der Waals surface area contributed by atoms with E-state index < -0.39 is 40.7 Å². The van der Waals surface area contributed by atoms with Gasteiger partial charge in [0, 0.05) is 23.7 Å². The van der Waals surface area contributed by atoms with Gasteiger partial charge in [0.1, 0.15) is 16.9 Å². The fourth-order valence-electron chi connectivity index (χ4n) is 3.82. The van der Waals surface area contributed by atoms with Crippen LogP contribution in [0.1, 0.15) is 49.4 Å². The zero-order chi connectivity index (χ0) is 27.3. The van der Waals surface area contributed by atoms with Gasteiger partial charge in [0.25, 0.3) is 0 Å². The molecule has 0 aromatic carbocycles. The molecule has 0 saturated carbocycles. The molecule has 0 radical (unpaired) electrons. The minimum atomic E-state index is -5.88. The summed E-state index contributed by atoms with van der Waals surface area (Å²) >= 11 is 0. The Hall–Kier alpha value is -3.77. The first-order chi connectivity index (χ1) is 17.1. The zero-order valence-electron chi connectivity index (χ0n) is 20.3. The molecule has 3 aromatic heterocycles. The van der Waals surface area contributed by atoms with Crippen LogP contribution in [0.4, 0.5) is 26.7 Å². The molecule has 8 nitrogen and oxygen atoms in total. The molecule has 1 amide bonds. The van der Waals surface area contributed by atoms with Crippen molar-refractivity contribution >= 4 is 34.3 Å². The molecule has 0 atom stereocenters. The monoisotopic (exact) mass is 526 g/mol. The lowest BCUT2D eigenvalue weighted by Gasteiger charge is -2.24. The standard InChI is InChI=1S/C24H23F5N4O4/c1-5-36-20(34)17-12-33-18(30-17)7-6-14-15(23(25,26)24(27,28)29)10-16(31-19(14)33)13-8-9-32(11-13)21(35)37-22(2,3)4/h6-8,10,12H,5,9,11H2,1-4H3. The normalized spacial score (nSPS) is 14.8. The second kappa shape index (κ2) is 8.96. The number of halogens is 5. The highest BCUT2D eigenvalue weighted by molar-refractivity contribution is 5.90. The SMILES string of the molecule is CCOC(=O)c1cn2c(ccc3c(C(F)(F)C(F)(F)F)cc(C4=CCN(C(=O)OC(C)(C)C)C4)nc32)n1. The molecule has 37 heavy (non-hydrogen) atoms. The van der Waals surface area contributed by atoms with E-state index in [1.807, 2.05) is 0 Å². The molecule has 0 aliphatic carbocycles. The predicted octanol–water partition coefficient (Wildman–Crippen LogP) is 5.35. The Morgan fingerprint density at radius 1 is 1.08 bits per heavy atom. The molecule has 0 N–H and O–H groups in total. The highest BCUT2D eigenvalue weighted by atomic mass is 19.4. The zero-order valence-corrected chi connectivity index (χ0v) is 20.3. The summed E-state index contributed by atoms with van der Waals surface area (Å²) in [6.45, 7) is 6.60. The van der Waals surface area contributed by atoms with Gasteiger partial charge in [-0.15, -0.1) is 0 Å². The van der Waals surface area contributed by atoms with Crippen LogP contribution in [0.15, 0.2) is 30.5 Å². The number of alkyl halides is 5. The minimum Gasteiger partial charge on any atom is -0.461 e. The number of pyridine rings is 2. The molecule has 1 aliphatic heterocycles. The highest BCUT2D eigenvalue weighted by Crippen LogP contribution is 2.46. The smallest absolute Gasteiger partial charge is 0.458 e. The molecule has 13 heteroatoms. The number of ether oxygens (including phenoxy) is 2. The van der Waals surface area contributed by atoms with Crippen LogP contribution in [0.5, 0.6) is 0 Å². The quantitative estimate of drug-likeness (QED) is 0.337. The maximum Gasteiger partial charge on any atom is 0.458 e. The molecule has 4 heterocycles. The summed E-state index contributed by atoms with van der Waals surface area (Å²) < 4.78 is 81.2. The molecule has 3 aromatic rings. The van der Waals surface area contributed by atoms with E-state index in [1.165, 1.54) is 17.0 Å². The van der Waals surface area contributed by atoms with E-state index in [4.69, 9.17) is 9.47 Å². The summed E-state index contributed by atoms with van der Waals surface area (Å²) in [7, 11) is 0. The maximum absolute atomic E-state index is 14.7. The van der Waals surface area contributed by atoms with Gasteiger partial charge in [-0.2, -0.15) is 22.0 Å². The summed E-state index contributed by atoms with van der Waals surface area (Å²) in [5.74, 6) is -6.01. The number of fused-ring (bicyclic) bond motifs is 3. The second-order valence-electron chi connectivity index (χ2n) is 9.36. The first kappa shape index (κ1) is 26.3. The van der Waals surface area contributed by atoms with Crippen molar-refractivity contribution in [2.24, 2.45) is 0 Å². The van der Waals surface area contributed by atoms with Gasteiger partial charge in [-0.1, -0.05) is 6.08 Å². The molecule has 0 fully saturated rings. The van der Waals surface area contributed by atoms with E-state index >= 15 is 0 Å². The fraction of sp³-hybridized carbons (Fsp3) is 0.417. The third-order valence-corrected chi connectivity index (χ3v) is 5.48. The van der Waals surface area contributed by atoms with Crippen LogP contribution < -0.4 is 0 Å². The lowest BCUT2D eigenvalue weighted by molar-refractivity contribution is -0.288. The van der Waals surface area contributed by atoms with E-state index in [0.717, 1.165) is 16.7 Å². The van der Waals surface area contributed by atoms with Crippen molar-refractivity contribution in [1.29, 1.82) is 0 Å². The van der Waals surface area contributed by atoms with Crippen LogP contribution in [-0.2, 0) is 15.4 Å². The van der Waals surface area contributed by atoms with Gasteiger partial charge in [0.05, 0.1) is 18.8 Å². The van der Waals surface area contributed by atoms with Crippen molar-refractivity contribution < 1.29 is 41.0 Å². The Kier molecular flexibility index (Phi) is 6.37. The molecule has 0 bridgehead atoms. The molecular weight excluding hydrogens is 503 g/mol. The third kappa shape index (κ3) is 4.94. The van der Waals surface area contributed by atoms with Gasteiger partial charge < -0.3 is 14.4 Å². The number of aromatic nitrogens is 3. The van der Waals surface area contributed by atoms with Gasteiger partial charge in [-0.05, 0) is 51.5 Å². The van der Waals surface area contributed by atoms with E-state index in [1.54, 1.807) is 27.7 Å². The molecule has 198 valence electrons. The van der Waals surface area contributed by atoms with E-state index in [-0.39, 0.29) is 48.0 Å². The van der Waals surface area contributed by atoms with E-state index in [9.17, 15) is 31.5 Å². The minimum absolute atomic E-state index is 0.0528. The van der Waals surface area contributed by atoms with Gasteiger partial charge >= 0.3 is 24.2 Å². The van der Waals surface area contributed by atoms with Crippen LogP contribution >= 0.6 is 0 Å². The van der Waals surface area contributed by atoms with Crippen LogP contribution in [0.3, 0.4) is 0 Å². The number of carbonyl (C=O) groups is 2. The Bertz CT molecular complexity index is 1420. The van der Waals surface area contributed by atoms with Crippen LogP contribution in [0, 0.1) is 0 Å². The van der Waals surface area contributed by atoms with Crippen molar-refractivity contribution in [3.8, 4) is 0 Å². The van der Waals surface area contributed by atoms with Crippen molar-refractivity contribution in [2.45, 2.75) is 45.4 Å². The van der Waals surface area contributed by atoms with Crippen LogP contribution in [0.25, 0.3) is 22.3 Å². The van der Waals surface area contributed by atoms with Gasteiger partial charge in [-0.25, -0.2) is 19.6 Å². The molecule has 4 rings (SSSR count). The maximum atomic E-state index is 14.7. The number of carbonyl (C=O) groups excluding carboxylic acids is 2. The average molecular weight is 526 g/mol. The van der Waals surface area contributed by atoms with Gasteiger partial charge in [-0.3, -0.25) is 4.40 Å². The van der Waals surface area contributed by atoms with Crippen molar-refractivity contribution in [1.82, 2.24) is 19.3 Å². The summed E-state index contributed by atoms with van der Waals surface area (Å²) in [6, 6.07) is 2.94. The van der Waals surface area contributed by atoms with Crippen LogP contribution in [-0.4, -0.2) is 62.8 Å². The molecule has 1 aliphatic rings. The Balaban J connectivity index is 1.87. The summed E-state index contributed by atoms with van der Waals surface area (Å²) in [5, 5.41) is -0.478. The number of rotatable bonds is 4. The summed E-state index contributed by atoms with van der Waals surface area (Å²) in [5.41, 5.74) is -2.36. The number of hydrogen-bond acceptors (Lipinski definition) is 6. The molecular formula is C24H23F5N4O4. The predicted molar refractivity (Wildman–Crippen MR) is 122 cm³/mol. The van der Waals surface area contributed by atoms with Gasteiger partial charge in [0.15, 0.2) is 5.69 Å². The number of hydrogen-bond donors (Lipinski definition) is 0.